The molecular formula is C16H17NO3S. The molecular weight excluding hydrogens is 286 g/mol. The molecule has 2 aromatic rings. The molecule has 5 heteroatoms. The van der Waals surface area contributed by atoms with Crippen molar-refractivity contribution in [1.29, 1.82) is 0 Å². The van der Waals surface area contributed by atoms with Crippen molar-refractivity contribution in [2.24, 2.45) is 0 Å². The summed E-state index contributed by atoms with van der Waals surface area (Å²) in [5.74, 6) is 1.10. The van der Waals surface area contributed by atoms with Gasteiger partial charge in [-0.1, -0.05) is 12.1 Å². The fourth-order valence-corrected chi connectivity index (χ4v) is 2.20. The highest BCUT2D eigenvalue weighted by molar-refractivity contribution is 7.98. The zero-order chi connectivity index (χ0) is 15.1. The highest BCUT2D eigenvalue weighted by atomic mass is 32.2. The van der Waals surface area contributed by atoms with E-state index in [0.29, 0.717) is 11.5 Å². The van der Waals surface area contributed by atoms with E-state index in [9.17, 15) is 4.79 Å². The molecule has 21 heavy (non-hydrogen) atoms. The molecule has 0 aliphatic carbocycles. The number of benzene rings is 2. The van der Waals surface area contributed by atoms with Crippen LogP contribution in [0.25, 0.3) is 0 Å². The minimum atomic E-state index is -0.198. The Morgan fingerprint density at radius 1 is 1.14 bits per heavy atom. The molecule has 2 aromatic carbocycles. The average molecular weight is 303 g/mol. The van der Waals surface area contributed by atoms with Gasteiger partial charge in [0.25, 0.3) is 5.91 Å². The van der Waals surface area contributed by atoms with Crippen LogP contribution >= 0.6 is 11.8 Å². The van der Waals surface area contributed by atoms with Gasteiger partial charge in [-0.2, -0.15) is 0 Å². The Labute approximate surface area is 128 Å². The van der Waals surface area contributed by atoms with Crippen LogP contribution in [-0.4, -0.2) is 25.9 Å². The molecule has 1 amide bonds. The van der Waals surface area contributed by atoms with Crippen molar-refractivity contribution >= 4 is 23.4 Å². The van der Waals surface area contributed by atoms with Gasteiger partial charge in [-0.3, -0.25) is 4.79 Å². The first-order valence-electron chi connectivity index (χ1n) is 6.42. The quantitative estimate of drug-likeness (QED) is 0.831. The molecule has 4 nitrogen and oxygen atoms in total. The molecule has 0 fully saturated rings. The second-order valence-electron chi connectivity index (χ2n) is 4.25. The van der Waals surface area contributed by atoms with E-state index in [1.807, 2.05) is 42.7 Å². The number of anilines is 1. The summed E-state index contributed by atoms with van der Waals surface area (Å²) in [7, 11) is 1.59. The third kappa shape index (κ3) is 4.72. The number of methoxy groups -OCH3 is 1. The first kappa shape index (κ1) is 15.3. The number of hydrogen-bond donors (Lipinski definition) is 1. The Morgan fingerprint density at radius 2 is 1.90 bits per heavy atom. The predicted octanol–water partition coefficient (Wildman–Crippen LogP) is 3.43. The lowest BCUT2D eigenvalue weighted by Gasteiger charge is -2.09. The molecule has 0 saturated carbocycles. The molecule has 0 radical (unpaired) electrons. The minimum Gasteiger partial charge on any atom is -0.497 e. The van der Waals surface area contributed by atoms with Crippen LogP contribution in [0.3, 0.4) is 0 Å². The third-order valence-electron chi connectivity index (χ3n) is 2.76. The second kappa shape index (κ2) is 7.59. The van der Waals surface area contributed by atoms with Gasteiger partial charge in [-0.15, -0.1) is 11.8 Å². The summed E-state index contributed by atoms with van der Waals surface area (Å²) in [6.07, 6.45) is 1.99. The van der Waals surface area contributed by atoms with Gasteiger partial charge in [0.1, 0.15) is 11.5 Å². The topological polar surface area (TPSA) is 47.6 Å². The molecule has 2 rings (SSSR count). The standard InChI is InChI=1S/C16H17NO3S/c1-19-13-6-4-7-14(10-13)20-11-16(18)17-12-5-3-8-15(9-12)21-2/h3-10H,11H2,1-2H3,(H,17,18). The predicted molar refractivity (Wildman–Crippen MR) is 85.3 cm³/mol. The number of carbonyl (C=O) groups excluding carboxylic acids is 1. The van der Waals surface area contributed by atoms with Crippen LogP contribution in [0.5, 0.6) is 11.5 Å². The number of rotatable bonds is 6. The summed E-state index contributed by atoms with van der Waals surface area (Å²) in [5.41, 5.74) is 0.765. The number of hydrogen-bond acceptors (Lipinski definition) is 4. The summed E-state index contributed by atoms with van der Waals surface area (Å²) >= 11 is 1.63. The van der Waals surface area contributed by atoms with Gasteiger partial charge in [0.05, 0.1) is 7.11 Å². The van der Waals surface area contributed by atoms with Gasteiger partial charge in [-0.05, 0) is 36.6 Å². The van der Waals surface area contributed by atoms with Crippen LogP contribution in [-0.2, 0) is 4.79 Å². The van der Waals surface area contributed by atoms with Crippen molar-refractivity contribution in [3.05, 3.63) is 48.5 Å². The Bertz CT molecular complexity index is 616. The molecule has 0 unspecified atom stereocenters. The first-order chi connectivity index (χ1) is 10.2. The Balaban J connectivity index is 1.89. The Morgan fingerprint density at radius 3 is 2.67 bits per heavy atom. The van der Waals surface area contributed by atoms with Crippen LogP contribution in [0, 0.1) is 0 Å². The third-order valence-corrected chi connectivity index (χ3v) is 3.49. The van der Waals surface area contributed by atoms with Gasteiger partial charge in [0, 0.05) is 16.6 Å². The van der Waals surface area contributed by atoms with E-state index in [4.69, 9.17) is 9.47 Å². The fraction of sp³-hybridized carbons (Fsp3) is 0.188. The van der Waals surface area contributed by atoms with Gasteiger partial charge < -0.3 is 14.8 Å². The van der Waals surface area contributed by atoms with Gasteiger partial charge in [-0.25, -0.2) is 0 Å². The van der Waals surface area contributed by atoms with Crippen molar-refractivity contribution in [3.63, 3.8) is 0 Å². The lowest BCUT2D eigenvalue weighted by Crippen LogP contribution is -2.20. The molecule has 0 aliphatic rings. The Kier molecular flexibility index (Phi) is 5.51. The summed E-state index contributed by atoms with van der Waals surface area (Å²) in [5, 5.41) is 2.81. The van der Waals surface area contributed by atoms with Crippen molar-refractivity contribution in [2.45, 2.75) is 4.90 Å². The lowest BCUT2D eigenvalue weighted by atomic mass is 10.3. The van der Waals surface area contributed by atoms with Crippen LogP contribution in [0.15, 0.2) is 53.4 Å². The number of nitrogens with one attached hydrogen (secondary N) is 1. The Hall–Kier alpha value is -2.14. The molecule has 110 valence electrons. The van der Waals surface area contributed by atoms with Gasteiger partial charge in [0.2, 0.25) is 0 Å². The van der Waals surface area contributed by atoms with E-state index in [0.717, 1.165) is 10.6 Å². The van der Waals surface area contributed by atoms with Crippen molar-refractivity contribution in [2.75, 3.05) is 25.3 Å². The van der Waals surface area contributed by atoms with E-state index in [-0.39, 0.29) is 12.5 Å². The maximum absolute atomic E-state index is 11.9. The monoisotopic (exact) mass is 303 g/mol. The average Bonchev–Trinajstić information content (AvgIpc) is 2.53. The maximum Gasteiger partial charge on any atom is 0.262 e. The van der Waals surface area contributed by atoms with Crippen LogP contribution < -0.4 is 14.8 Å². The van der Waals surface area contributed by atoms with E-state index >= 15 is 0 Å². The highest BCUT2D eigenvalue weighted by Crippen LogP contribution is 2.20. The molecule has 0 aromatic heterocycles. The van der Waals surface area contributed by atoms with E-state index in [1.54, 1.807) is 31.0 Å². The minimum absolute atomic E-state index is 0.0450. The number of thioether (sulfide) groups is 1. The van der Waals surface area contributed by atoms with E-state index in [1.165, 1.54) is 0 Å². The normalized spacial score (nSPS) is 10.0. The number of carbonyl (C=O) groups is 1. The summed E-state index contributed by atoms with van der Waals surface area (Å²) < 4.78 is 10.5. The summed E-state index contributed by atoms with van der Waals surface area (Å²) in [4.78, 5) is 13.0. The maximum atomic E-state index is 11.9. The van der Waals surface area contributed by atoms with Crippen molar-refractivity contribution < 1.29 is 14.3 Å². The molecule has 0 heterocycles. The van der Waals surface area contributed by atoms with Gasteiger partial charge >= 0.3 is 0 Å². The van der Waals surface area contributed by atoms with Gasteiger partial charge in [0.15, 0.2) is 6.61 Å². The summed E-state index contributed by atoms with van der Waals surface area (Å²) in [6.45, 7) is -0.0450. The first-order valence-corrected chi connectivity index (χ1v) is 7.64. The summed E-state index contributed by atoms with van der Waals surface area (Å²) in [6, 6.07) is 14.8. The molecule has 0 aliphatic heterocycles. The van der Waals surface area contributed by atoms with Crippen LogP contribution in [0.1, 0.15) is 0 Å². The van der Waals surface area contributed by atoms with Crippen LogP contribution in [0.2, 0.25) is 0 Å². The largest absolute Gasteiger partial charge is 0.497 e. The molecule has 0 spiro atoms. The van der Waals surface area contributed by atoms with Crippen molar-refractivity contribution in [1.82, 2.24) is 0 Å². The fourth-order valence-electron chi connectivity index (χ4n) is 1.74. The zero-order valence-electron chi connectivity index (χ0n) is 12.0. The second-order valence-corrected chi connectivity index (χ2v) is 5.13. The SMILES string of the molecule is COc1cccc(OCC(=O)Nc2cccc(SC)c2)c1. The smallest absolute Gasteiger partial charge is 0.262 e. The highest BCUT2D eigenvalue weighted by Gasteiger charge is 2.05. The lowest BCUT2D eigenvalue weighted by molar-refractivity contribution is -0.118. The van der Waals surface area contributed by atoms with Crippen LogP contribution in [0.4, 0.5) is 5.69 Å². The zero-order valence-corrected chi connectivity index (χ0v) is 12.8. The molecule has 0 bridgehead atoms. The molecule has 0 atom stereocenters. The molecule has 1 N–H and O–H groups in total. The van der Waals surface area contributed by atoms with E-state index < -0.39 is 0 Å². The molecule has 0 saturated heterocycles. The number of amides is 1. The van der Waals surface area contributed by atoms with E-state index in [2.05, 4.69) is 5.32 Å². The number of ether oxygens (including phenoxy) is 2. The van der Waals surface area contributed by atoms with Crippen molar-refractivity contribution in [3.8, 4) is 11.5 Å².